The number of rotatable bonds is 1. The van der Waals surface area contributed by atoms with Crippen LogP contribution >= 0.6 is 0 Å². The standard InChI is InChI=1S/C13H16N2/c1-15-8-6-12-11(3-2-4-13(12)15)10-5-7-14-9-10/h2-5,14H,6-9H2,1H3. The summed E-state index contributed by atoms with van der Waals surface area (Å²) in [5.41, 5.74) is 5.89. The molecule has 15 heavy (non-hydrogen) atoms. The van der Waals surface area contributed by atoms with E-state index in [0.29, 0.717) is 0 Å². The maximum Gasteiger partial charge on any atom is 0.0403 e. The first-order valence-corrected chi connectivity index (χ1v) is 5.59. The van der Waals surface area contributed by atoms with E-state index < -0.39 is 0 Å². The molecule has 2 aliphatic rings. The van der Waals surface area contributed by atoms with Crippen molar-refractivity contribution in [2.75, 3.05) is 31.6 Å². The van der Waals surface area contributed by atoms with E-state index in [0.717, 1.165) is 19.6 Å². The van der Waals surface area contributed by atoms with Gasteiger partial charge in [0.1, 0.15) is 0 Å². The predicted octanol–water partition coefficient (Wildman–Crippen LogP) is 1.67. The molecule has 0 saturated heterocycles. The van der Waals surface area contributed by atoms with E-state index in [-0.39, 0.29) is 0 Å². The third-order valence-corrected chi connectivity index (χ3v) is 3.41. The molecule has 78 valence electrons. The highest BCUT2D eigenvalue weighted by molar-refractivity contribution is 5.77. The van der Waals surface area contributed by atoms with Crippen LogP contribution in [0.5, 0.6) is 0 Å². The number of hydrogen-bond donors (Lipinski definition) is 1. The lowest BCUT2D eigenvalue weighted by atomic mass is 9.98. The number of fused-ring (bicyclic) bond motifs is 1. The number of likely N-dealkylation sites (N-methyl/N-ethyl adjacent to an activating group) is 1. The molecule has 0 bridgehead atoms. The van der Waals surface area contributed by atoms with Crippen molar-refractivity contribution in [3.63, 3.8) is 0 Å². The van der Waals surface area contributed by atoms with Gasteiger partial charge in [0, 0.05) is 32.4 Å². The molecule has 2 nitrogen and oxygen atoms in total. The molecular formula is C13H16N2. The second-order valence-corrected chi connectivity index (χ2v) is 4.34. The van der Waals surface area contributed by atoms with Gasteiger partial charge in [-0.15, -0.1) is 0 Å². The monoisotopic (exact) mass is 200 g/mol. The van der Waals surface area contributed by atoms with Gasteiger partial charge in [-0.25, -0.2) is 0 Å². The Hall–Kier alpha value is -1.28. The lowest BCUT2D eigenvalue weighted by Gasteiger charge is -2.13. The first-order chi connectivity index (χ1) is 7.36. The number of benzene rings is 1. The second kappa shape index (κ2) is 3.38. The van der Waals surface area contributed by atoms with E-state index in [2.05, 4.69) is 41.5 Å². The van der Waals surface area contributed by atoms with Gasteiger partial charge in [-0.3, -0.25) is 0 Å². The summed E-state index contributed by atoms with van der Waals surface area (Å²) in [6.45, 7) is 3.21. The molecule has 0 unspecified atom stereocenters. The first kappa shape index (κ1) is 8.98. The molecule has 0 saturated carbocycles. The zero-order valence-electron chi connectivity index (χ0n) is 9.09. The number of nitrogens with one attached hydrogen (secondary N) is 1. The van der Waals surface area contributed by atoms with E-state index in [9.17, 15) is 0 Å². The summed E-state index contributed by atoms with van der Waals surface area (Å²) >= 11 is 0. The molecule has 2 aliphatic heterocycles. The minimum atomic E-state index is 1.02. The Morgan fingerprint density at radius 1 is 1.33 bits per heavy atom. The molecule has 1 N–H and O–H groups in total. The maximum absolute atomic E-state index is 3.37. The fourth-order valence-electron chi connectivity index (χ4n) is 2.58. The molecule has 0 atom stereocenters. The van der Waals surface area contributed by atoms with Gasteiger partial charge in [0.25, 0.3) is 0 Å². The second-order valence-electron chi connectivity index (χ2n) is 4.34. The van der Waals surface area contributed by atoms with Gasteiger partial charge in [0.05, 0.1) is 0 Å². The predicted molar refractivity (Wildman–Crippen MR) is 64.3 cm³/mol. The summed E-state index contributed by atoms with van der Waals surface area (Å²) in [6.07, 6.45) is 3.51. The Morgan fingerprint density at radius 2 is 2.27 bits per heavy atom. The maximum atomic E-state index is 3.37. The van der Waals surface area contributed by atoms with Crippen molar-refractivity contribution in [1.82, 2.24) is 5.32 Å². The van der Waals surface area contributed by atoms with Crippen LogP contribution in [0.4, 0.5) is 5.69 Å². The molecule has 0 radical (unpaired) electrons. The van der Waals surface area contributed by atoms with Crippen LogP contribution in [-0.2, 0) is 6.42 Å². The van der Waals surface area contributed by atoms with Crippen molar-refractivity contribution >= 4 is 11.3 Å². The average molecular weight is 200 g/mol. The SMILES string of the molecule is CN1CCc2c(C3=CCNC3)cccc21. The van der Waals surface area contributed by atoms with Gasteiger partial charge < -0.3 is 10.2 Å². The van der Waals surface area contributed by atoms with E-state index in [1.54, 1.807) is 0 Å². The Kier molecular flexibility index (Phi) is 2.03. The molecular weight excluding hydrogens is 184 g/mol. The van der Waals surface area contributed by atoms with Gasteiger partial charge >= 0.3 is 0 Å². The fraction of sp³-hybridized carbons (Fsp3) is 0.385. The minimum Gasteiger partial charge on any atom is -0.374 e. The van der Waals surface area contributed by atoms with Crippen LogP contribution in [0.2, 0.25) is 0 Å². The van der Waals surface area contributed by atoms with Crippen LogP contribution in [-0.4, -0.2) is 26.7 Å². The van der Waals surface area contributed by atoms with E-state index in [4.69, 9.17) is 0 Å². The highest BCUT2D eigenvalue weighted by Gasteiger charge is 2.20. The minimum absolute atomic E-state index is 1.02. The number of anilines is 1. The Bertz CT molecular complexity index is 421. The lowest BCUT2D eigenvalue weighted by molar-refractivity contribution is 0.896. The number of nitrogens with zero attached hydrogens (tertiary/aromatic N) is 1. The van der Waals surface area contributed by atoms with Crippen molar-refractivity contribution in [2.45, 2.75) is 6.42 Å². The fourth-order valence-corrected chi connectivity index (χ4v) is 2.58. The molecule has 1 aromatic carbocycles. The molecule has 0 aliphatic carbocycles. The van der Waals surface area contributed by atoms with Crippen molar-refractivity contribution < 1.29 is 0 Å². The van der Waals surface area contributed by atoms with Crippen LogP contribution in [0.1, 0.15) is 11.1 Å². The summed E-state index contributed by atoms with van der Waals surface area (Å²) in [6, 6.07) is 6.67. The van der Waals surface area contributed by atoms with Crippen LogP contribution in [0.25, 0.3) is 5.57 Å². The Balaban J connectivity index is 2.09. The Labute approximate surface area is 90.6 Å². The summed E-state index contributed by atoms with van der Waals surface area (Å²) in [7, 11) is 2.18. The highest BCUT2D eigenvalue weighted by atomic mass is 15.1. The van der Waals surface area contributed by atoms with Crippen LogP contribution in [0.3, 0.4) is 0 Å². The van der Waals surface area contributed by atoms with Crippen molar-refractivity contribution in [3.05, 3.63) is 35.4 Å². The molecule has 0 aromatic heterocycles. The van der Waals surface area contributed by atoms with Gasteiger partial charge in [0.2, 0.25) is 0 Å². The average Bonchev–Trinajstić information content (AvgIpc) is 2.88. The summed E-state index contributed by atoms with van der Waals surface area (Å²) in [5.74, 6) is 0. The quantitative estimate of drug-likeness (QED) is 0.741. The van der Waals surface area contributed by atoms with Crippen LogP contribution in [0.15, 0.2) is 24.3 Å². The summed E-state index contributed by atoms with van der Waals surface area (Å²) in [5, 5.41) is 3.37. The molecule has 0 fully saturated rings. The smallest absolute Gasteiger partial charge is 0.0403 e. The van der Waals surface area contributed by atoms with Gasteiger partial charge in [-0.2, -0.15) is 0 Å². The summed E-state index contributed by atoms with van der Waals surface area (Å²) < 4.78 is 0. The molecule has 1 aromatic rings. The van der Waals surface area contributed by atoms with E-state index >= 15 is 0 Å². The van der Waals surface area contributed by atoms with E-state index in [1.807, 2.05) is 0 Å². The lowest BCUT2D eigenvalue weighted by Crippen LogP contribution is -2.12. The number of hydrogen-bond acceptors (Lipinski definition) is 2. The summed E-state index contributed by atoms with van der Waals surface area (Å²) in [4.78, 5) is 2.35. The Morgan fingerprint density at radius 3 is 3.07 bits per heavy atom. The van der Waals surface area contributed by atoms with Gasteiger partial charge in [-0.1, -0.05) is 18.2 Å². The molecule has 2 heterocycles. The molecule has 3 rings (SSSR count). The highest BCUT2D eigenvalue weighted by Crippen LogP contribution is 2.33. The van der Waals surface area contributed by atoms with Gasteiger partial charge in [-0.05, 0) is 29.2 Å². The zero-order valence-corrected chi connectivity index (χ0v) is 9.09. The van der Waals surface area contributed by atoms with E-state index in [1.165, 1.54) is 28.8 Å². The third-order valence-electron chi connectivity index (χ3n) is 3.41. The van der Waals surface area contributed by atoms with Crippen LogP contribution in [0, 0.1) is 0 Å². The normalized spacial score (nSPS) is 19.3. The third kappa shape index (κ3) is 1.37. The molecule has 2 heteroatoms. The topological polar surface area (TPSA) is 15.3 Å². The molecule has 0 amide bonds. The van der Waals surface area contributed by atoms with Crippen molar-refractivity contribution in [3.8, 4) is 0 Å². The van der Waals surface area contributed by atoms with Gasteiger partial charge in [0.15, 0.2) is 0 Å². The molecule has 0 spiro atoms. The van der Waals surface area contributed by atoms with Crippen molar-refractivity contribution in [1.29, 1.82) is 0 Å². The van der Waals surface area contributed by atoms with Crippen LogP contribution < -0.4 is 10.2 Å². The largest absolute Gasteiger partial charge is 0.374 e. The first-order valence-electron chi connectivity index (χ1n) is 5.59. The van der Waals surface area contributed by atoms with Crippen molar-refractivity contribution in [2.24, 2.45) is 0 Å². The zero-order chi connectivity index (χ0) is 10.3.